The summed E-state index contributed by atoms with van der Waals surface area (Å²) in [7, 11) is 0. The molecule has 4 heteroatoms. The van der Waals surface area contributed by atoms with E-state index in [-0.39, 0.29) is 0 Å². The molecule has 0 saturated carbocycles. The van der Waals surface area contributed by atoms with E-state index in [0.29, 0.717) is 0 Å². The van der Waals surface area contributed by atoms with Gasteiger partial charge in [-0.15, -0.1) is 0 Å². The molecule has 0 fully saturated rings. The standard InChI is InChI=1S/C10H18N2.C2H4O2/c1-5-6-7-12-9(3)8(2)11-10(12)4;1-2(3)4/h5-7H2,1-4H3;1H3,(H,3,4). The number of nitrogens with zero attached hydrogens (tertiary/aromatic N) is 1. The van der Waals surface area contributed by atoms with Gasteiger partial charge in [-0.3, -0.25) is 0 Å². The van der Waals surface area contributed by atoms with E-state index in [1.165, 1.54) is 30.1 Å². The third kappa shape index (κ3) is 4.96. The first-order valence-electron chi connectivity index (χ1n) is 5.63. The number of unbranched alkanes of at least 4 members (excludes halogenated alkanes) is 1. The number of aliphatic carboxylic acids is 1. The fourth-order valence-corrected chi connectivity index (χ4v) is 1.53. The summed E-state index contributed by atoms with van der Waals surface area (Å²) >= 11 is 0. The molecule has 1 aromatic heterocycles. The molecule has 0 radical (unpaired) electrons. The smallest absolute Gasteiger partial charge is 0.251 e. The predicted octanol–water partition coefficient (Wildman–Crippen LogP) is 0.784. The van der Waals surface area contributed by atoms with Gasteiger partial charge in [-0.2, -0.15) is 0 Å². The van der Waals surface area contributed by atoms with E-state index in [9.17, 15) is 0 Å². The lowest BCUT2D eigenvalue weighted by Gasteiger charge is -1.98. The average Bonchev–Trinajstić information content (AvgIpc) is 2.38. The van der Waals surface area contributed by atoms with Crippen LogP contribution >= 0.6 is 0 Å². The van der Waals surface area contributed by atoms with Gasteiger partial charge in [0, 0.05) is 26.7 Å². The molecule has 4 nitrogen and oxygen atoms in total. The lowest BCUT2D eigenvalue weighted by Crippen LogP contribution is -2.37. The summed E-state index contributed by atoms with van der Waals surface area (Å²) in [6.45, 7) is 10.8. The van der Waals surface area contributed by atoms with Crippen molar-refractivity contribution in [3.05, 3.63) is 17.2 Å². The van der Waals surface area contributed by atoms with Crippen LogP contribution in [0, 0.1) is 20.8 Å². The number of hydrogen-bond acceptors (Lipinski definition) is 2. The molecule has 0 amide bonds. The molecule has 0 bridgehead atoms. The first-order valence-corrected chi connectivity index (χ1v) is 5.63. The third-order valence-corrected chi connectivity index (χ3v) is 2.46. The Balaban J connectivity index is 0.000000487. The number of H-pyrrole nitrogens is 1. The molecular formula is C12H22N2O2. The predicted molar refractivity (Wildman–Crippen MR) is 60.8 cm³/mol. The van der Waals surface area contributed by atoms with Crippen LogP contribution in [0.3, 0.4) is 0 Å². The highest BCUT2D eigenvalue weighted by molar-refractivity contribution is 5.60. The molecule has 16 heavy (non-hydrogen) atoms. The van der Waals surface area contributed by atoms with Crippen molar-refractivity contribution in [3.63, 3.8) is 0 Å². The van der Waals surface area contributed by atoms with Gasteiger partial charge in [0.05, 0.1) is 6.54 Å². The summed E-state index contributed by atoms with van der Waals surface area (Å²) in [4.78, 5) is 12.2. The molecule has 1 heterocycles. The Hall–Kier alpha value is -1.32. The molecular weight excluding hydrogens is 204 g/mol. The van der Waals surface area contributed by atoms with E-state index in [1.807, 2.05) is 0 Å². The molecule has 1 rings (SSSR count). The van der Waals surface area contributed by atoms with Crippen LogP contribution in [-0.2, 0) is 11.3 Å². The van der Waals surface area contributed by atoms with Crippen LogP contribution in [0.25, 0.3) is 0 Å². The number of aromatic nitrogens is 2. The number of aryl methyl sites for hydroxylation is 2. The number of rotatable bonds is 3. The van der Waals surface area contributed by atoms with Crippen molar-refractivity contribution in [2.75, 3.05) is 0 Å². The zero-order valence-electron chi connectivity index (χ0n) is 10.9. The SMILES string of the molecule is CC(=O)[O-].CCCC[n+]1c(C)[nH]c(C)c1C. The van der Waals surface area contributed by atoms with Crippen molar-refractivity contribution in [2.24, 2.45) is 0 Å². The van der Waals surface area contributed by atoms with Gasteiger partial charge in [0.2, 0.25) is 0 Å². The van der Waals surface area contributed by atoms with E-state index < -0.39 is 5.97 Å². The van der Waals surface area contributed by atoms with E-state index in [2.05, 4.69) is 37.2 Å². The Bertz CT molecular complexity index is 339. The minimum Gasteiger partial charge on any atom is -0.550 e. The number of aromatic amines is 1. The lowest BCUT2D eigenvalue weighted by molar-refractivity contribution is -0.707. The summed E-state index contributed by atoms with van der Waals surface area (Å²) in [5.41, 5.74) is 2.67. The number of nitrogens with one attached hydrogen (secondary N) is 1. The minimum absolute atomic E-state index is 0.972. The largest absolute Gasteiger partial charge is 0.550 e. The van der Waals surface area contributed by atoms with E-state index in [1.54, 1.807) is 0 Å². The first-order chi connectivity index (χ1) is 7.40. The molecule has 1 N–H and O–H groups in total. The van der Waals surface area contributed by atoms with Crippen molar-refractivity contribution in [3.8, 4) is 0 Å². The van der Waals surface area contributed by atoms with Gasteiger partial charge in [-0.25, -0.2) is 9.55 Å². The molecule has 0 spiro atoms. The van der Waals surface area contributed by atoms with Crippen molar-refractivity contribution in [1.29, 1.82) is 0 Å². The average molecular weight is 226 g/mol. The Morgan fingerprint density at radius 2 is 1.88 bits per heavy atom. The highest BCUT2D eigenvalue weighted by atomic mass is 16.4. The van der Waals surface area contributed by atoms with Crippen LogP contribution in [0.1, 0.15) is 43.9 Å². The molecule has 0 aliphatic rings. The molecule has 0 aliphatic carbocycles. The third-order valence-electron chi connectivity index (χ3n) is 2.46. The van der Waals surface area contributed by atoms with Crippen LogP contribution in [0.15, 0.2) is 0 Å². The normalized spacial score (nSPS) is 9.56. The number of hydrogen-bond donors (Lipinski definition) is 1. The minimum atomic E-state index is -1.08. The molecule has 0 saturated heterocycles. The highest BCUT2D eigenvalue weighted by Crippen LogP contribution is 2.00. The van der Waals surface area contributed by atoms with Crippen LogP contribution in [0.2, 0.25) is 0 Å². The molecule has 0 unspecified atom stereocenters. The van der Waals surface area contributed by atoms with Gasteiger partial charge in [0.1, 0.15) is 11.4 Å². The second-order valence-electron chi connectivity index (χ2n) is 3.92. The number of carboxylic acid groups (broad SMARTS) is 1. The Kier molecular flexibility index (Phi) is 6.46. The quantitative estimate of drug-likeness (QED) is 0.774. The number of carbonyl (C=O) groups excluding carboxylic acids is 1. The second-order valence-corrected chi connectivity index (χ2v) is 3.92. The molecule has 92 valence electrons. The summed E-state index contributed by atoms with van der Waals surface area (Å²) in [6, 6.07) is 0. The van der Waals surface area contributed by atoms with Crippen LogP contribution < -0.4 is 9.67 Å². The van der Waals surface area contributed by atoms with Crippen LogP contribution in [0.5, 0.6) is 0 Å². The zero-order valence-corrected chi connectivity index (χ0v) is 10.9. The summed E-state index contributed by atoms with van der Waals surface area (Å²) in [5, 5.41) is 8.89. The summed E-state index contributed by atoms with van der Waals surface area (Å²) in [5.74, 6) is 0.193. The lowest BCUT2D eigenvalue weighted by atomic mass is 10.3. The monoisotopic (exact) mass is 226 g/mol. The van der Waals surface area contributed by atoms with Crippen molar-refractivity contribution >= 4 is 5.97 Å². The summed E-state index contributed by atoms with van der Waals surface area (Å²) < 4.78 is 2.36. The van der Waals surface area contributed by atoms with Gasteiger partial charge in [0.25, 0.3) is 5.82 Å². The molecule has 0 atom stereocenters. The molecule has 0 aromatic carbocycles. The van der Waals surface area contributed by atoms with E-state index in [4.69, 9.17) is 9.90 Å². The van der Waals surface area contributed by atoms with Gasteiger partial charge in [-0.05, 0) is 13.3 Å². The topological polar surface area (TPSA) is 59.8 Å². The first kappa shape index (κ1) is 14.7. The van der Waals surface area contributed by atoms with Gasteiger partial charge in [0.15, 0.2) is 0 Å². The van der Waals surface area contributed by atoms with Crippen molar-refractivity contribution < 1.29 is 14.5 Å². The molecule has 1 aromatic rings. The number of imidazole rings is 1. The Morgan fingerprint density at radius 1 is 1.38 bits per heavy atom. The fourth-order valence-electron chi connectivity index (χ4n) is 1.53. The Morgan fingerprint density at radius 3 is 2.19 bits per heavy atom. The van der Waals surface area contributed by atoms with Crippen LogP contribution in [0.4, 0.5) is 0 Å². The van der Waals surface area contributed by atoms with Gasteiger partial charge in [-0.1, -0.05) is 13.3 Å². The van der Waals surface area contributed by atoms with E-state index in [0.717, 1.165) is 13.5 Å². The second kappa shape index (κ2) is 7.04. The number of carbonyl (C=O) groups is 1. The maximum Gasteiger partial charge on any atom is 0.251 e. The maximum absolute atomic E-state index is 8.89. The number of carboxylic acids is 1. The fraction of sp³-hybridized carbons (Fsp3) is 0.667. The van der Waals surface area contributed by atoms with Gasteiger partial charge < -0.3 is 9.90 Å². The highest BCUT2D eigenvalue weighted by Gasteiger charge is 2.13. The zero-order chi connectivity index (χ0) is 12.7. The van der Waals surface area contributed by atoms with Crippen molar-refractivity contribution in [1.82, 2.24) is 4.98 Å². The maximum atomic E-state index is 8.89. The molecule has 0 aliphatic heterocycles. The van der Waals surface area contributed by atoms with Crippen LogP contribution in [-0.4, -0.2) is 11.0 Å². The Labute approximate surface area is 97.3 Å². The van der Waals surface area contributed by atoms with Gasteiger partial charge >= 0.3 is 0 Å². The summed E-state index contributed by atoms with van der Waals surface area (Å²) in [6.07, 6.45) is 2.53. The van der Waals surface area contributed by atoms with Crippen molar-refractivity contribution in [2.45, 2.75) is 54.0 Å². The van der Waals surface area contributed by atoms with E-state index >= 15 is 0 Å².